The van der Waals surface area contributed by atoms with Crippen LogP contribution in [-0.2, 0) is 22.6 Å². The normalized spacial score (nSPS) is 31.2. The lowest BCUT2D eigenvalue weighted by atomic mass is 9.73. The summed E-state index contributed by atoms with van der Waals surface area (Å²) in [6.07, 6.45) is 6.00. The molecule has 1 spiro atoms. The van der Waals surface area contributed by atoms with Crippen molar-refractivity contribution in [2.45, 2.75) is 37.6 Å². The van der Waals surface area contributed by atoms with E-state index >= 15 is 0 Å². The molecule has 1 amide bonds. The summed E-state index contributed by atoms with van der Waals surface area (Å²) in [6.45, 7) is 3.83. The summed E-state index contributed by atoms with van der Waals surface area (Å²) in [5.41, 5.74) is 1.21. The first-order valence-corrected chi connectivity index (χ1v) is 10.4. The first-order valence-electron chi connectivity index (χ1n) is 10.0. The second-order valence-corrected chi connectivity index (χ2v) is 8.77. The first kappa shape index (κ1) is 18.2. The van der Waals surface area contributed by atoms with Crippen molar-refractivity contribution < 1.29 is 9.53 Å². The lowest BCUT2D eigenvalue weighted by Crippen LogP contribution is -2.42. The maximum Gasteiger partial charge on any atom is 0.241 e. The summed E-state index contributed by atoms with van der Waals surface area (Å²) < 4.78 is 8.14. The van der Waals surface area contributed by atoms with E-state index in [1.54, 1.807) is 17.1 Å². The zero-order valence-electron chi connectivity index (χ0n) is 15.8. The number of likely N-dealkylation sites (tertiary alicyclic amines) is 1. The Hall–Kier alpha value is -1.89. The highest BCUT2D eigenvalue weighted by Gasteiger charge is 2.62. The fourth-order valence-corrected chi connectivity index (χ4v) is 5.62. The molecule has 0 unspecified atom stereocenters. The van der Waals surface area contributed by atoms with Crippen LogP contribution in [-0.4, -0.2) is 51.9 Å². The largest absolute Gasteiger partial charge is 0.370 e. The number of carbonyl (C=O) groups is 1. The van der Waals surface area contributed by atoms with Gasteiger partial charge in [-0.2, -0.15) is 5.10 Å². The number of rotatable bonds is 6. The summed E-state index contributed by atoms with van der Waals surface area (Å²) in [6, 6.07) is 9.91. The van der Waals surface area contributed by atoms with Gasteiger partial charge in [0.05, 0.1) is 11.7 Å². The van der Waals surface area contributed by atoms with Crippen molar-refractivity contribution in [2.75, 3.05) is 19.6 Å². The predicted molar refractivity (Wildman–Crippen MR) is 106 cm³/mol. The Morgan fingerprint density at radius 3 is 3.14 bits per heavy atom. The summed E-state index contributed by atoms with van der Waals surface area (Å²) >= 11 is 6.14. The molecule has 3 aliphatic heterocycles. The Morgan fingerprint density at radius 2 is 2.32 bits per heavy atom. The SMILES string of the molecule is O=C(Cn1cccn1)NC[C@H]1[C@H]2CN(Cc3cccc(Cl)c3)C[C@]23CC[C@H]1O3. The van der Waals surface area contributed by atoms with Crippen molar-refractivity contribution in [3.8, 4) is 0 Å². The van der Waals surface area contributed by atoms with Crippen molar-refractivity contribution >= 4 is 17.5 Å². The predicted octanol–water partition coefficient (Wildman–Crippen LogP) is 2.33. The van der Waals surface area contributed by atoms with Crippen molar-refractivity contribution in [3.63, 3.8) is 0 Å². The molecular formula is C21H25ClN4O2. The highest BCUT2D eigenvalue weighted by atomic mass is 35.5. The van der Waals surface area contributed by atoms with Crippen LogP contribution in [0.3, 0.4) is 0 Å². The average Bonchev–Trinajstić information content (AvgIpc) is 3.41. The summed E-state index contributed by atoms with van der Waals surface area (Å²) in [4.78, 5) is 14.7. The zero-order valence-corrected chi connectivity index (χ0v) is 16.5. The van der Waals surface area contributed by atoms with Crippen LogP contribution in [0, 0.1) is 11.8 Å². The number of ether oxygens (including phenoxy) is 1. The Bertz CT molecular complexity index is 858. The maximum atomic E-state index is 12.3. The minimum Gasteiger partial charge on any atom is -0.370 e. The third-order valence-corrected chi connectivity index (χ3v) is 6.78. The van der Waals surface area contributed by atoms with E-state index in [-0.39, 0.29) is 24.2 Å². The molecule has 28 heavy (non-hydrogen) atoms. The molecule has 2 aromatic rings. The molecule has 7 heteroatoms. The van der Waals surface area contributed by atoms with E-state index in [1.165, 1.54) is 5.56 Å². The first-order chi connectivity index (χ1) is 13.6. The van der Waals surface area contributed by atoms with Crippen LogP contribution in [0.4, 0.5) is 0 Å². The van der Waals surface area contributed by atoms with Crippen LogP contribution in [0.15, 0.2) is 42.7 Å². The molecule has 1 N–H and O–H groups in total. The van der Waals surface area contributed by atoms with Gasteiger partial charge in [0.15, 0.2) is 0 Å². The van der Waals surface area contributed by atoms with Gasteiger partial charge in [0.2, 0.25) is 5.91 Å². The number of nitrogens with zero attached hydrogens (tertiary/aromatic N) is 3. The maximum absolute atomic E-state index is 12.3. The van der Waals surface area contributed by atoms with Crippen LogP contribution in [0.2, 0.25) is 5.02 Å². The Labute approximate surface area is 169 Å². The third kappa shape index (κ3) is 3.34. The van der Waals surface area contributed by atoms with Crippen molar-refractivity contribution in [1.29, 1.82) is 0 Å². The standard InChI is InChI=1S/C21H25ClN4O2/c22-16-4-1-3-15(9-16)11-25-12-18-17(19-5-6-21(18,14-25)28-19)10-23-20(27)13-26-8-2-7-24-26/h1-4,7-9,17-19H,5-6,10-14H2,(H,23,27)/t17-,18+,19+,21+/m0/s1. The molecule has 0 aliphatic carbocycles. The lowest BCUT2D eigenvalue weighted by molar-refractivity contribution is -0.122. The number of hydrogen-bond acceptors (Lipinski definition) is 4. The fourth-order valence-electron chi connectivity index (χ4n) is 5.40. The van der Waals surface area contributed by atoms with Crippen molar-refractivity contribution in [1.82, 2.24) is 20.0 Å². The minimum atomic E-state index is -0.0272. The molecule has 4 atom stereocenters. The molecule has 3 saturated heterocycles. The molecule has 3 aliphatic rings. The van der Waals surface area contributed by atoms with Gasteiger partial charge in [-0.05, 0) is 36.6 Å². The zero-order chi connectivity index (χ0) is 19.1. The van der Waals surface area contributed by atoms with Gasteiger partial charge in [-0.1, -0.05) is 23.7 Å². The van der Waals surface area contributed by atoms with E-state index in [2.05, 4.69) is 21.4 Å². The van der Waals surface area contributed by atoms with Gasteiger partial charge >= 0.3 is 0 Å². The quantitative estimate of drug-likeness (QED) is 0.808. The fraction of sp³-hybridized carbons (Fsp3) is 0.524. The van der Waals surface area contributed by atoms with Crippen LogP contribution in [0.1, 0.15) is 18.4 Å². The topological polar surface area (TPSA) is 59.4 Å². The Kier molecular flexibility index (Phi) is 4.65. The molecular weight excluding hydrogens is 376 g/mol. The third-order valence-electron chi connectivity index (χ3n) is 6.55. The van der Waals surface area contributed by atoms with Gasteiger partial charge in [-0.25, -0.2) is 0 Å². The number of amides is 1. The van der Waals surface area contributed by atoms with Gasteiger partial charge < -0.3 is 10.1 Å². The number of nitrogens with one attached hydrogen (secondary N) is 1. The number of benzene rings is 1. The molecule has 1 aromatic carbocycles. The summed E-state index contributed by atoms with van der Waals surface area (Å²) in [5, 5.41) is 7.99. The van der Waals surface area contributed by atoms with E-state index in [4.69, 9.17) is 16.3 Å². The van der Waals surface area contributed by atoms with Crippen LogP contribution < -0.4 is 5.32 Å². The Balaban J connectivity index is 1.21. The van der Waals surface area contributed by atoms with E-state index in [1.807, 2.05) is 24.3 Å². The van der Waals surface area contributed by atoms with Gasteiger partial charge in [0.1, 0.15) is 6.54 Å². The molecule has 1 aromatic heterocycles. The molecule has 6 nitrogen and oxygen atoms in total. The van der Waals surface area contributed by atoms with Crippen LogP contribution in [0.25, 0.3) is 0 Å². The number of hydrogen-bond donors (Lipinski definition) is 1. The van der Waals surface area contributed by atoms with Crippen molar-refractivity contribution in [3.05, 3.63) is 53.3 Å². The molecule has 0 radical (unpaired) electrons. The average molecular weight is 401 g/mol. The molecule has 148 valence electrons. The van der Waals surface area contributed by atoms with Crippen LogP contribution in [0.5, 0.6) is 0 Å². The van der Waals surface area contributed by atoms with E-state index < -0.39 is 0 Å². The highest BCUT2D eigenvalue weighted by molar-refractivity contribution is 6.30. The van der Waals surface area contributed by atoms with Crippen LogP contribution >= 0.6 is 11.6 Å². The minimum absolute atomic E-state index is 0.00861. The number of aromatic nitrogens is 2. The molecule has 2 bridgehead atoms. The molecule has 3 fully saturated rings. The summed E-state index contributed by atoms with van der Waals surface area (Å²) in [5.74, 6) is 0.879. The molecule has 4 heterocycles. The van der Waals surface area contributed by atoms with E-state index in [9.17, 15) is 4.79 Å². The van der Waals surface area contributed by atoms with Gasteiger partial charge in [0, 0.05) is 55.4 Å². The van der Waals surface area contributed by atoms with Gasteiger partial charge in [0.25, 0.3) is 0 Å². The Morgan fingerprint density at radius 1 is 1.39 bits per heavy atom. The van der Waals surface area contributed by atoms with E-state index in [0.29, 0.717) is 18.4 Å². The molecule has 5 rings (SSSR count). The number of fused-ring (bicyclic) bond motifs is 1. The van der Waals surface area contributed by atoms with Gasteiger partial charge in [-0.3, -0.25) is 14.4 Å². The molecule has 0 saturated carbocycles. The van der Waals surface area contributed by atoms with E-state index in [0.717, 1.165) is 37.5 Å². The summed E-state index contributed by atoms with van der Waals surface area (Å²) in [7, 11) is 0. The van der Waals surface area contributed by atoms with Gasteiger partial charge in [-0.15, -0.1) is 0 Å². The number of carbonyl (C=O) groups excluding carboxylic acids is 1. The monoisotopic (exact) mass is 400 g/mol. The lowest BCUT2D eigenvalue weighted by Gasteiger charge is -2.29. The smallest absolute Gasteiger partial charge is 0.241 e. The number of halogens is 1. The van der Waals surface area contributed by atoms with Crippen molar-refractivity contribution in [2.24, 2.45) is 11.8 Å². The second kappa shape index (κ2) is 7.17. The highest BCUT2D eigenvalue weighted by Crippen LogP contribution is 2.54. The second-order valence-electron chi connectivity index (χ2n) is 8.34.